The molecule has 2 aromatic rings. The molecule has 0 spiro atoms. The molecule has 0 N–H and O–H groups in total. The molecule has 1 atom stereocenters. The van der Waals surface area contributed by atoms with Crippen LogP contribution in [0, 0.1) is 0 Å². The zero-order valence-corrected chi connectivity index (χ0v) is 9.06. The van der Waals surface area contributed by atoms with Gasteiger partial charge in [0.05, 0.1) is 11.0 Å². The Hall–Kier alpha value is -1.64. The second kappa shape index (κ2) is 2.94. The predicted octanol–water partition coefficient (Wildman–Crippen LogP) is 2.33. The number of aromatic nitrogens is 2. The molecule has 1 aromatic heterocycles. The number of hydrogen-bond acceptors (Lipinski definition) is 3. The zero-order chi connectivity index (χ0) is 10.5. The molecule has 1 aromatic carbocycles. The zero-order valence-electron chi connectivity index (χ0n) is 9.06. The van der Waals surface area contributed by atoms with E-state index in [1.54, 1.807) is 12.4 Å². The molecule has 0 radical (unpaired) electrons. The fourth-order valence-corrected chi connectivity index (χ4v) is 3.07. The first-order valence-electron chi connectivity index (χ1n) is 5.91. The van der Waals surface area contributed by atoms with Crippen molar-refractivity contribution in [2.24, 2.45) is 0 Å². The fraction of sp³-hybridized carbons (Fsp3) is 0.385. The lowest BCUT2D eigenvalue weighted by Crippen LogP contribution is -2.27. The summed E-state index contributed by atoms with van der Waals surface area (Å²) in [6.45, 7) is 2.40. The number of hydrogen-bond donors (Lipinski definition) is 0. The molecule has 80 valence electrons. The van der Waals surface area contributed by atoms with Gasteiger partial charge in [-0.3, -0.25) is 9.97 Å². The summed E-state index contributed by atoms with van der Waals surface area (Å²) >= 11 is 0. The Morgan fingerprint density at radius 1 is 1.12 bits per heavy atom. The summed E-state index contributed by atoms with van der Waals surface area (Å²) in [5.74, 6) is 0.732. The van der Waals surface area contributed by atoms with Crippen LogP contribution in [-0.2, 0) is 0 Å². The third-order valence-corrected chi connectivity index (χ3v) is 3.82. The highest BCUT2D eigenvalue weighted by Crippen LogP contribution is 2.43. The van der Waals surface area contributed by atoms with Gasteiger partial charge in [0.1, 0.15) is 0 Å². The molecule has 1 saturated heterocycles. The second-order valence-electron chi connectivity index (χ2n) is 4.74. The molecule has 1 fully saturated rings. The maximum absolute atomic E-state index is 4.39. The van der Waals surface area contributed by atoms with Gasteiger partial charge in [-0.15, -0.1) is 0 Å². The summed E-state index contributed by atoms with van der Waals surface area (Å²) in [6, 6.07) is 4.46. The van der Waals surface area contributed by atoms with Crippen LogP contribution < -0.4 is 4.90 Å². The minimum absolute atomic E-state index is 0.732. The van der Waals surface area contributed by atoms with Crippen LogP contribution in [-0.4, -0.2) is 23.1 Å². The highest BCUT2D eigenvalue weighted by Gasteiger charge is 2.32. The van der Waals surface area contributed by atoms with Gasteiger partial charge in [-0.2, -0.15) is 0 Å². The van der Waals surface area contributed by atoms with Crippen LogP contribution in [0.25, 0.3) is 11.0 Å². The summed E-state index contributed by atoms with van der Waals surface area (Å²) in [6.07, 6.45) is 6.19. The molecule has 1 unspecified atom stereocenters. The standard InChI is InChI=1S/C13H13N3/c1-2-9-8-16(5-1)13-7-12-11(6-10(9)13)14-3-4-15-12/h3-4,6-7,9H,1-2,5,8H2. The Labute approximate surface area is 94.1 Å². The van der Waals surface area contributed by atoms with Crippen molar-refractivity contribution in [3.8, 4) is 0 Å². The highest BCUT2D eigenvalue weighted by molar-refractivity contribution is 5.82. The third kappa shape index (κ3) is 1.03. The van der Waals surface area contributed by atoms with E-state index in [9.17, 15) is 0 Å². The van der Waals surface area contributed by atoms with Crippen LogP contribution in [0.5, 0.6) is 0 Å². The maximum atomic E-state index is 4.39. The lowest BCUT2D eigenvalue weighted by Gasteiger charge is -2.24. The van der Waals surface area contributed by atoms with E-state index in [4.69, 9.17) is 0 Å². The van der Waals surface area contributed by atoms with Crippen LogP contribution in [0.1, 0.15) is 24.3 Å². The van der Waals surface area contributed by atoms with Gasteiger partial charge >= 0.3 is 0 Å². The average Bonchev–Trinajstić information content (AvgIpc) is 2.59. The molecular formula is C13H13N3. The Kier molecular flexibility index (Phi) is 1.56. The number of piperidine rings is 1. The van der Waals surface area contributed by atoms with E-state index < -0.39 is 0 Å². The highest BCUT2D eigenvalue weighted by atomic mass is 15.2. The second-order valence-corrected chi connectivity index (χ2v) is 4.74. The van der Waals surface area contributed by atoms with Gasteiger partial charge in [0.2, 0.25) is 0 Å². The van der Waals surface area contributed by atoms with Crippen molar-refractivity contribution >= 4 is 16.7 Å². The van der Waals surface area contributed by atoms with Gasteiger partial charge in [-0.1, -0.05) is 0 Å². The Bertz CT molecular complexity index is 516. The molecule has 3 heterocycles. The molecule has 4 rings (SSSR count). The quantitative estimate of drug-likeness (QED) is 0.669. The first-order valence-corrected chi connectivity index (χ1v) is 5.91. The van der Waals surface area contributed by atoms with Gasteiger partial charge < -0.3 is 4.90 Å². The number of nitrogens with zero attached hydrogens (tertiary/aromatic N) is 3. The van der Waals surface area contributed by atoms with Gasteiger partial charge in [0, 0.05) is 37.1 Å². The van der Waals surface area contributed by atoms with Crippen molar-refractivity contribution in [1.29, 1.82) is 0 Å². The van der Waals surface area contributed by atoms with Gasteiger partial charge in [-0.05, 0) is 30.5 Å². The van der Waals surface area contributed by atoms with E-state index >= 15 is 0 Å². The van der Waals surface area contributed by atoms with E-state index in [0.29, 0.717) is 0 Å². The first-order chi connectivity index (χ1) is 7.92. The average molecular weight is 211 g/mol. The van der Waals surface area contributed by atoms with E-state index in [0.717, 1.165) is 17.0 Å². The van der Waals surface area contributed by atoms with E-state index in [-0.39, 0.29) is 0 Å². The minimum atomic E-state index is 0.732. The Morgan fingerprint density at radius 2 is 1.94 bits per heavy atom. The number of rotatable bonds is 0. The first kappa shape index (κ1) is 8.50. The van der Waals surface area contributed by atoms with Crippen molar-refractivity contribution in [2.75, 3.05) is 18.0 Å². The largest absolute Gasteiger partial charge is 0.371 e. The smallest absolute Gasteiger partial charge is 0.0907 e. The van der Waals surface area contributed by atoms with E-state index in [1.165, 1.54) is 37.2 Å². The van der Waals surface area contributed by atoms with Gasteiger partial charge in [-0.25, -0.2) is 0 Å². The molecule has 0 aliphatic carbocycles. The predicted molar refractivity (Wildman–Crippen MR) is 63.7 cm³/mol. The van der Waals surface area contributed by atoms with Crippen molar-refractivity contribution in [1.82, 2.24) is 9.97 Å². The molecule has 0 amide bonds. The lowest BCUT2D eigenvalue weighted by molar-refractivity contribution is 0.546. The summed E-state index contributed by atoms with van der Waals surface area (Å²) < 4.78 is 0. The SMILES string of the molecule is c1cnc2cc3c(cc2n1)C1CCCN3C1. The lowest BCUT2D eigenvalue weighted by atomic mass is 9.95. The van der Waals surface area contributed by atoms with Crippen molar-refractivity contribution < 1.29 is 0 Å². The molecule has 2 bridgehead atoms. The summed E-state index contributed by atoms with van der Waals surface area (Å²) in [5, 5.41) is 0. The van der Waals surface area contributed by atoms with Crippen LogP contribution in [0.4, 0.5) is 5.69 Å². The molecular weight excluding hydrogens is 198 g/mol. The number of benzene rings is 1. The topological polar surface area (TPSA) is 29.0 Å². The normalized spacial score (nSPS) is 22.5. The third-order valence-electron chi connectivity index (χ3n) is 3.82. The molecule has 2 aliphatic heterocycles. The van der Waals surface area contributed by atoms with E-state index in [1.807, 2.05) is 0 Å². The van der Waals surface area contributed by atoms with Crippen LogP contribution in [0.15, 0.2) is 24.5 Å². The summed E-state index contributed by atoms with van der Waals surface area (Å²) in [5.41, 5.74) is 4.95. The maximum Gasteiger partial charge on any atom is 0.0907 e. The molecule has 16 heavy (non-hydrogen) atoms. The van der Waals surface area contributed by atoms with Crippen LogP contribution in [0.2, 0.25) is 0 Å². The van der Waals surface area contributed by atoms with Crippen molar-refractivity contribution in [2.45, 2.75) is 18.8 Å². The monoisotopic (exact) mass is 211 g/mol. The van der Waals surface area contributed by atoms with Crippen LogP contribution in [0.3, 0.4) is 0 Å². The van der Waals surface area contributed by atoms with E-state index in [2.05, 4.69) is 27.0 Å². The molecule has 3 nitrogen and oxygen atoms in total. The van der Waals surface area contributed by atoms with Crippen molar-refractivity contribution in [3.05, 3.63) is 30.1 Å². The molecule has 3 heteroatoms. The molecule has 2 aliphatic rings. The number of anilines is 1. The van der Waals surface area contributed by atoms with Crippen LogP contribution >= 0.6 is 0 Å². The molecule has 0 saturated carbocycles. The summed E-state index contributed by atoms with van der Waals surface area (Å²) in [7, 11) is 0. The number of fused-ring (bicyclic) bond motifs is 6. The summed E-state index contributed by atoms with van der Waals surface area (Å²) in [4.78, 5) is 11.3. The Morgan fingerprint density at radius 3 is 2.81 bits per heavy atom. The van der Waals surface area contributed by atoms with Gasteiger partial charge in [0.25, 0.3) is 0 Å². The van der Waals surface area contributed by atoms with Gasteiger partial charge in [0.15, 0.2) is 0 Å². The Balaban J connectivity index is 2.01. The fourth-order valence-electron chi connectivity index (χ4n) is 3.07. The minimum Gasteiger partial charge on any atom is -0.371 e. The van der Waals surface area contributed by atoms with Crippen molar-refractivity contribution in [3.63, 3.8) is 0 Å².